The van der Waals surface area contributed by atoms with Crippen molar-refractivity contribution in [3.05, 3.63) is 17.5 Å². The van der Waals surface area contributed by atoms with Crippen LogP contribution < -0.4 is 5.32 Å². The Morgan fingerprint density at radius 1 is 1.37 bits per heavy atom. The lowest BCUT2D eigenvalue weighted by atomic mass is 9.89. The highest BCUT2D eigenvalue weighted by Gasteiger charge is 2.23. The lowest BCUT2D eigenvalue weighted by Gasteiger charge is -2.30. The largest absolute Gasteiger partial charge is 0.309 e. The van der Waals surface area contributed by atoms with Gasteiger partial charge in [-0.15, -0.1) is 0 Å². The molecule has 0 aromatic carbocycles. The van der Waals surface area contributed by atoms with Crippen LogP contribution in [0.1, 0.15) is 44.9 Å². The molecule has 4 heteroatoms. The van der Waals surface area contributed by atoms with Crippen LogP contribution in [0.25, 0.3) is 0 Å². The van der Waals surface area contributed by atoms with Gasteiger partial charge in [-0.3, -0.25) is 4.68 Å². The van der Waals surface area contributed by atoms with Crippen LogP contribution in [0.5, 0.6) is 0 Å². The lowest BCUT2D eigenvalue weighted by Crippen LogP contribution is -2.43. The highest BCUT2D eigenvalue weighted by atomic mass is 15.3. The fraction of sp³-hybridized carbons (Fsp3) is 0.800. The Bertz CT molecular complexity index is 416. The van der Waals surface area contributed by atoms with Gasteiger partial charge in [0, 0.05) is 43.4 Å². The van der Waals surface area contributed by atoms with E-state index in [0.29, 0.717) is 6.04 Å². The molecule has 0 radical (unpaired) electrons. The van der Waals surface area contributed by atoms with Crippen LogP contribution in [0.2, 0.25) is 0 Å². The number of aromatic nitrogens is 2. The van der Waals surface area contributed by atoms with Gasteiger partial charge in [0.1, 0.15) is 0 Å². The van der Waals surface area contributed by atoms with Crippen molar-refractivity contribution in [1.29, 1.82) is 0 Å². The molecule has 1 fully saturated rings. The molecule has 4 nitrogen and oxygen atoms in total. The Balaban J connectivity index is 1.99. The van der Waals surface area contributed by atoms with Gasteiger partial charge >= 0.3 is 0 Å². The molecule has 0 aliphatic carbocycles. The minimum Gasteiger partial charge on any atom is -0.309 e. The van der Waals surface area contributed by atoms with Crippen molar-refractivity contribution in [1.82, 2.24) is 20.0 Å². The van der Waals surface area contributed by atoms with Crippen molar-refractivity contribution in [3.8, 4) is 0 Å². The van der Waals surface area contributed by atoms with Crippen LogP contribution in [0.15, 0.2) is 6.20 Å². The van der Waals surface area contributed by atoms with E-state index in [1.807, 2.05) is 11.7 Å². The summed E-state index contributed by atoms with van der Waals surface area (Å²) in [4.78, 5) is 2.41. The van der Waals surface area contributed by atoms with E-state index in [4.69, 9.17) is 0 Å². The molecule has 2 heterocycles. The molecule has 1 aliphatic rings. The molecule has 0 saturated carbocycles. The van der Waals surface area contributed by atoms with E-state index in [1.54, 1.807) is 0 Å². The number of nitrogens with one attached hydrogen (secondary N) is 1. The Labute approximate surface area is 117 Å². The first kappa shape index (κ1) is 14.5. The van der Waals surface area contributed by atoms with Crippen molar-refractivity contribution in [2.75, 3.05) is 20.1 Å². The monoisotopic (exact) mass is 264 g/mol. The van der Waals surface area contributed by atoms with E-state index in [1.165, 1.54) is 30.6 Å². The smallest absolute Gasteiger partial charge is 0.0722 e. The average molecular weight is 264 g/mol. The van der Waals surface area contributed by atoms with Crippen LogP contribution in [-0.4, -0.2) is 40.9 Å². The molecule has 19 heavy (non-hydrogen) atoms. The number of likely N-dealkylation sites (tertiary alicyclic amines) is 1. The Kier molecular flexibility index (Phi) is 4.31. The summed E-state index contributed by atoms with van der Waals surface area (Å²) < 4.78 is 1.94. The van der Waals surface area contributed by atoms with Crippen LogP contribution in [-0.2, 0) is 19.0 Å². The first-order chi connectivity index (χ1) is 8.86. The molecule has 1 N–H and O–H groups in total. The van der Waals surface area contributed by atoms with Gasteiger partial charge in [-0.1, -0.05) is 20.8 Å². The molecule has 108 valence electrons. The van der Waals surface area contributed by atoms with E-state index >= 15 is 0 Å². The van der Waals surface area contributed by atoms with Gasteiger partial charge in [0.15, 0.2) is 0 Å². The second kappa shape index (κ2) is 5.63. The first-order valence-electron chi connectivity index (χ1n) is 7.31. The average Bonchev–Trinajstić information content (AvgIpc) is 2.68. The summed E-state index contributed by atoms with van der Waals surface area (Å²) in [5.41, 5.74) is 2.66. The van der Waals surface area contributed by atoms with Crippen molar-refractivity contribution < 1.29 is 0 Å². The lowest BCUT2D eigenvalue weighted by molar-refractivity contribution is 0.226. The summed E-state index contributed by atoms with van der Waals surface area (Å²) in [7, 11) is 4.21. The molecule has 0 spiro atoms. The number of rotatable bonds is 3. The molecular weight excluding hydrogens is 236 g/mol. The Morgan fingerprint density at radius 2 is 2.11 bits per heavy atom. The van der Waals surface area contributed by atoms with Crippen LogP contribution >= 0.6 is 0 Å². The van der Waals surface area contributed by atoms with Crippen LogP contribution in [0.4, 0.5) is 0 Å². The summed E-state index contributed by atoms with van der Waals surface area (Å²) in [6, 6.07) is 0.617. The van der Waals surface area contributed by atoms with Crippen molar-refractivity contribution in [3.63, 3.8) is 0 Å². The fourth-order valence-corrected chi connectivity index (χ4v) is 2.89. The van der Waals surface area contributed by atoms with Crippen molar-refractivity contribution in [2.24, 2.45) is 7.05 Å². The number of piperidine rings is 1. The van der Waals surface area contributed by atoms with E-state index in [2.05, 4.69) is 49.3 Å². The van der Waals surface area contributed by atoms with Gasteiger partial charge in [-0.2, -0.15) is 5.10 Å². The molecule has 1 aromatic rings. The van der Waals surface area contributed by atoms with E-state index in [9.17, 15) is 0 Å². The first-order valence-corrected chi connectivity index (χ1v) is 7.31. The normalized spacial score (nSPS) is 21.8. The van der Waals surface area contributed by atoms with Gasteiger partial charge in [-0.05, 0) is 26.4 Å². The molecule has 1 unspecified atom stereocenters. The Morgan fingerprint density at radius 3 is 2.74 bits per heavy atom. The van der Waals surface area contributed by atoms with Gasteiger partial charge in [0.05, 0.1) is 5.69 Å². The number of aryl methyl sites for hydroxylation is 1. The van der Waals surface area contributed by atoms with Crippen LogP contribution in [0.3, 0.4) is 0 Å². The maximum absolute atomic E-state index is 4.63. The quantitative estimate of drug-likeness (QED) is 0.905. The molecule has 1 saturated heterocycles. The number of hydrogen-bond acceptors (Lipinski definition) is 3. The highest BCUT2D eigenvalue weighted by Crippen LogP contribution is 2.24. The zero-order chi connectivity index (χ0) is 14.0. The summed E-state index contributed by atoms with van der Waals surface area (Å²) in [6.07, 6.45) is 4.74. The maximum atomic E-state index is 4.63. The second-order valence-electron chi connectivity index (χ2n) is 6.91. The van der Waals surface area contributed by atoms with Gasteiger partial charge in [-0.25, -0.2) is 0 Å². The molecule has 1 aliphatic heterocycles. The predicted molar refractivity (Wildman–Crippen MR) is 79.3 cm³/mol. The van der Waals surface area contributed by atoms with Crippen molar-refractivity contribution >= 4 is 0 Å². The number of likely N-dealkylation sites (N-methyl/N-ethyl adjacent to an activating group) is 1. The predicted octanol–water partition coefficient (Wildman–Crippen LogP) is 1.90. The topological polar surface area (TPSA) is 33.1 Å². The third-order valence-corrected chi connectivity index (χ3v) is 3.82. The highest BCUT2D eigenvalue weighted by molar-refractivity contribution is 5.24. The van der Waals surface area contributed by atoms with Gasteiger partial charge in [0.2, 0.25) is 0 Å². The molecular formula is C15H28N4. The third-order valence-electron chi connectivity index (χ3n) is 3.82. The molecule has 1 aromatic heterocycles. The van der Waals surface area contributed by atoms with Crippen LogP contribution in [0, 0.1) is 0 Å². The van der Waals surface area contributed by atoms with E-state index in [-0.39, 0.29) is 5.41 Å². The summed E-state index contributed by atoms with van der Waals surface area (Å²) in [5, 5.41) is 8.33. The standard InChI is InChI=1S/C15H28N4/c1-15(2,3)14-12(10-19(5)17-14)9-16-13-7-6-8-18(4)11-13/h10,13,16H,6-9,11H2,1-5H3. The molecule has 2 rings (SSSR count). The zero-order valence-corrected chi connectivity index (χ0v) is 13.0. The molecule has 1 atom stereocenters. The summed E-state index contributed by atoms with van der Waals surface area (Å²) >= 11 is 0. The van der Waals surface area contributed by atoms with Crippen molar-refractivity contribution in [2.45, 2.75) is 51.6 Å². The fourth-order valence-electron chi connectivity index (χ4n) is 2.89. The third kappa shape index (κ3) is 3.80. The maximum Gasteiger partial charge on any atom is 0.0722 e. The minimum absolute atomic E-state index is 0.113. The van der Waals surface area contributed by atoms with E-state index in [0.717, 1.165) is 13.1 Å². The zero-order valence-electron chi connectivity index (χ0n) is 13.0. The second-order valence-corrected chi connectivity index (χ2v) is 6.91. The molecule has 0 amide bonds. The summed E-state index contributed by atoms with van der Waals surface area (Å²) in [6.45, 7) is 10.0. The SMILES string of the molecule is CN1CCCC(NCc2cn(C)nc2C(C)(C)C)C1. The van der Waals surface area contributed by atoms with Gasteiger partial charge < -0.3 is 10.2 Å². The number of hydrogen-bond donors (Lipinski definition) is 1. The molecule has 0 bridgehead atoms. The van der Waals surface area contributed by atoms with Gasteiger partial charge in [0.25, 0.3) is 0 Å². The number of nitrogens with zero attached hydrogens (tertiary/aromatic N) is 3. The Hall–Kier alpha value is -0.870. The minimum atomic E-state index is 0.113. The summed E-state index contributed by atoms with van der Waals surface area (Å²) in [5.74, 6) is 0. The van der Waals surface area contributed by atoms with E-state index < -0.39 is 0 Å².